The Kier molecular flexibility index (Phi) is 10.9. The molecule has 2 N–H and O–H groups in total. The summed E-state index contributed by atoms with van der Waals surface area (Å²) in [5.74, 6) is -0.332. The SMILES string of the molecule is CC.CS(=O)(=O)Nc1ccccc1OC=O.Cn1c(=O)c(C(=O)c2ccccc2)c2c3c(c(Nc4ccccc4)ccc31)C(=O)c1ccccc1-2. The summed E-state index contributed by atoms with van der Waals surface area (Å²) in [5.41, 5.74) is 4.45. The van der Waals surface area contributed by atoms with E-state index >= 15 is 0 Å². The van der Waals surface area contributed by atoms with Crippen LogP contribution in [0.3, 0.4) is 0 Å². The van der Waals surface area contributed by atoms with Gasteiger partial charge in [-0.05, 0) is 42.0 Å². The Balaban J connectivity index is 0.000000266. The molecule has 6 aromatic rings. The fraction of sp³-hybridized carbons (Fsp3) is 0.100. The van der Waals surface area contributed by atoms with Gasteiger partial charge in [-0.3, -0.25) is 23.9 Å². The lowest BCUT2D eigenvalue weighted by Gasteiger charge is -2.25. The average Bonchev–Trinajstić information content (AvgIpc) is 3.14. The number of aromatic nitrogens is 1. The van der Waals surface area contributed by atoms with Crippen molar-refractivity contribution in [3.05, 3.63) is 154 Å². The fourth-order valence-electron chi connectivity index (χ4n) is 5.80. The number of anilines is 3. The van der Waals surface area contributed by atoms with E-state index in [-0.39, 0.29) is 40.6 Å². The number of hydrogen-bond acceptors (Lipinski definition) is 8. The van der Waals surface area contributed by atoms with Crippen molar-refractivity contribution in [2.75, 3.05) is 16.3 Å². The predicted molar refractivity (Wildman–Crippen MR) is 201 cm³/mol. The molecular weight excluding hydrogens is 667 g/mol. The van der Waals surface area contributed by atoms with Crippen LogP contribution in [0.5, 0.6) is 5.75 Å². The number of para-hydroxylation sites is 3. The number of benzene rings is 5. The molecule has 51 heavy (non-hydrogen) atoms. The number of carbonyl (C=O) groups excluding carboxylic acids is 3. The van der Waals surface area contributed by atoms with Gasteiger partial charge in [0.05, 0.1) is 34.3 Å². The largest absolute Gasteiger partial charge is 0.427 e. The Morgan fingerprint density at radius 2 is 1.31 bits per heavy atom. The lowest BCUT2D eigenvalue weighted by Crippen LogP contribution is -2.29. The molecule has 0 unspecified atom stereocenters. The molecule has 0 saturated carbocycles. The summed E-state index contributed by atoms with van der Waals surface area (Å²) in [4.78, 5) is 51.3. The maximum absolute atomic E-state index is 13.8. The Bertz CT molecular complexity index is 2430. The first kappa shape index (κ1) is 36.0. The van der Waals surface area contributed by atoms with Crippen LogP contribution in [0.25, 0.3) is 22.0 Å². The first-order valence-corrected chi connectivity index (χ1v) is 17.9. The molecule has 0 aliphatic heterocycles. The van der Waals surface area contributed by atoms with Gasteiger partial charge in [0, 0.05) is 34.8 Å². The molecular formula is C40H35N3O7S. The van der Waals surface area contributed by atoms with Gasteiger partial charge in [-0.25, -0.2) is 8.42 Å². The van der Waals surface area contributed by atoms with Gasteiger partial charge in [-0.1, -0.05) is 98.8 Å². The number of ketones is 2. The summed E-state index contributed by atoms with van der Waals surface area (Å²) in [6.45, 7) is 4.24. The maximum Gasteiger partial charge on any atom is 0.298 e. The molecule has 0 radical (unpaired) electrons. The zero-order chi connectivity index (χ0) is 36.7. The number of pyridine rings is 1. The second-order valence-corrected chi connectivity index (χ2v) is 12.9. The van der Waals surface area contributed by atoms with E-state index in [0.29, 0.717) is 44.4 Å². The van der Waals surface area contributed by atoms with Crippen LogP contribution < -0.4 is 20.3 Å². The van der Waals surface area contributed by atoms with Crippen molar-refractivity contribution >= 4 is 56.0 Å². The number of nitrogens with one attached hydrogen (secondary N) is 2. The molecule has 258 valence electrons. The third kappa shape index (κ3) is 7.48. The predicted octanol–water partition coefficient (Wildman–Crippen LogP) is 7.34. The smallest absolute Gasteiger partial charge is 0.298 e. The average molecular weight is 702 g/mol. The number of hydrogen-bond donors (Lipinski definition) is 2. The molecule has 0 atom stereocenters. The molecule has 1 aliphatic carbocycles. The second-order valence-electron chi connectivity index (χ2n) is 11.1. The molecule has 0 amide bonds. The van der Waals surface area contributed by atoms with Gasteiger partial charge in [0.2, 0.25) is 10.0 Å². The standard InChI is InChI=1S/C30H20N2O3.C8H9NO4S.C2H6/c1-32-23-17-16-22(31-19-12-6-3-7-13-19)25-26(23)24(20-14-8-9-15-21(20)29(25)34)27(30(32)35)28(33)18-10-4-2-5-11-18;1-14(11,12)9-7-4-2-3-5-8(7)13-6-10;1-2/h2-17,31H,1H3;2-6,9H,1H3;1-2H3. The first-order valence-electron chi connectivity index (χ1n) is 16.0. The van der Waals surface area contributed by atoms with E-state index in [1.165, 1.54) is 16.7 Å². The highest BCUT2D eigenvalue weighted by Crippen LogP contribution is 2.44. The van der Waals surface area contributed by atoms with Crippen molar-refractivity contribution in [2.45, 2.75) is 13.8 Å². The molecule has 10 nitrogen and oxygen atoms in total. The summed E-state index contributed by atoms with van der Waals surface area (Å²) in [5, 5.41) is 3.97. The lowest BCUT2D eigenvalue weighted by molar-refractivity contribution is -0.120. The number of ether oxygens (including phenoxy) is 1. The third-order valence-corrected chi connectivity index (χ3v) is 8.50. The Hall–Kier alpha value is -6.33. The molecule has 5 aromatic carbocycles. The van der Waals surface area contributed by atoms with Crippen molar-refractivity contribution in [2.24, 2.45) is 7.05 Å². The molecule has 1 heterocycles. The van der Waals surface area contributed by atoms with Gasteiger partial charge < -0.3 is 14.6 Å². The van der Waals surface area contributed by atoms with Crippen LogP contribution >= 0.6 is 0 Å². The Morgan fingerprint density at radius 1 is 0.725 bits per heavy atom. The summed E-state index contributed by atoms with van der Waals surface area (Å²) in [6, 6.07) is 35.4. The molecule has 11 heteroatoms. The number of aryl methyl sites for hydroxylation is 1. The number of rotatable bonds is 8. The van der Waals surface area contributed by atoms with Gasteiger partial charge >= 0.3 is 0 Å². The molecule has 0 bridgehead atoms. The normalized spacial score (nSPS) is 11.2. The van der Waals surface area contributed by atoms with E-state index < -0.39 is 10.0 Å². The minimum Gasteiger partial charge on any atom is -0.427 e. The van der Waals surface area contributed by atoms with E-state index in [9.17, 15) is 27.6 Å². The lowest BCUT2D eigenvalue weighted by atomic mass is 9.80. The molecule has 0 saturated heterocycles. The van der Waals surface area contributed by atoms with Gasteiger partial charge in [0.15, 0.2) is 17.3 Å². The van der Waals surface area contributed by atoms with Gasteiger partial charge in [-0.15, -0.1) is 0 Å². The number of fused-ring (bicyclic) bond motifs is 2. The van der Waals surface area contributed by atoms with Crippen molar-refractivity contribution in [1.82, 2.24) is 4.57 Å². The van der Waals surface area contributed by atoms with Crippen LogP contribution in [0.1, 0.15) is 45.7 Å². The summed E-state index contributed by atoms with van der Waals surface area (Å²) in [6.07, 6.45) is 1.02. The number of carbonyl (C=O) groups is 3. The molecule has 1 aliphatic rings. The van der Waals surface area contributed by atoms with E-state index in [1.807, 2.05) is 74.5 Å². The minimum atomic E-state index is -3.36. The highest BCUT2D eigenvalue weighted by atomic mass is 32.2. The van der Waals surface area contributed by atoms with E-state index in [1.54, 1.807) is 55.6 Å². The Morgan fingerprint density at radius 3 is 1.96 bits per heavy atom. The van der Waals surface area contributed by atoms with Crippen molar-refractivity contribution in [3.8, 4) is 16.9 Å². The second kappa shape index (κ2) is 15.5. The highest BCUT2D eigenvalue weighted by molar-refractivity contribution is 7.92. The summed E-state index contributed by atoms with van der Waals surface area (Å²) < 4.78 is 30.1. The first-order chi connectivity index (χ1) is 24.6. The van der Waals surface area contributed by atoms with Crippen molar-refractivity contribution in [3.63, 3.8) is 0 Å². The van der Waals surface area contributed by atoms with Gasteiger partial charge in [0.25, 0.3) is 12.0 Å². The molecule has 1 aromatic heterocycles. The monoisotopic (exact) mass is 701 g/mol. The van der Waals surface area contributed by atoms with Gasteiger partial charge in [-0.2, -0.15) is 0 Å². The van der Waals surface area contributed by atoms with Crippen LogP contribution in [0, 0.1) is 0 Å². The summed E-state index contributed by atoms with van der Waals surface area (Å²) >= 11 is 0. The highest BCUT2D eigenvalue weighted by Gasteiger charge is 2.33. The van der Waals surface area contributed by atoms with Gasteiger partial charge in [0.1, 0.15) is 0 Å². The molecule has 0 fully saturated rings. The Labute approximate surface area is 295 Å². The zero-order valence-electron chi connectivity index (χ0n) is 28.3. The number of sulfonamides is 1. The zero-order valence-corrected chi connectivity index (χ0v) is 29.2. The van der Waals surface area contributed by atoms with Crippen molar-refractivity contribution < 1.29 is 27.5 Å². The maximum atomic E-state index is 13.8. The van der Waals surface area contributed by atoms with Crippen LogP contribution in [-0.2, 0) is 21.9 Å². The van der Waals surface area contributed by atoms with Crippen molar-refractivity contribution in [1.29, 1.82) is 0 Å². The molecule has 7 rings (SSSR count). The van der Waals surface area contributed by atoms with Crippen LogP contribution in [0.4, 0.5) is 17.1 Å². The minimum absolute atomic E-state index is 0.0734. The topological polar surface area (TPSA) is 141 Å². The van der Waals surface area contributed by atoms with E-state index in [0.717, 1.165) is 11.9 Å². The quantitative estimate of drug-likeness (QED) is 0.124. The van der Waals surface area contributed by atoms with Crippen LogP contribution in [-0.4, -0.2) is 37.3 Å². The van der Waals surface area contributed by atoms with E-state index in [2.05, 4.69) is 14.8 Å². The summed E-state index contributed by atoms with van der Waals surface area (Å²) in [7, 11) is -1.72. The third-order valence-electron chi connectivity index (χ3n) is 7.90. The van der Waals surface area contributed by atoms with Crippen LogP contribution in [0.2, 0.25) is 0 Å². The van der Waals surface area contributed by atoms with Crippen LogP contribution in [0.15, 0.2) is 126 Å². The van der Waals surface area contributed by atoms with E-state index in [4.69, 9.17) is 0 Å². The molecule has 0 spiro atoms. The number of nitrogens with zero attached hydrogens (tertiary/aromatic N) is 1. The fourth-order valence-corrected chi connectivity index (χ4v) is 6.37.